The van der Waals surface area contributed by atoms with Gasteiger partial charge in [0.25, 0.3) is 0 Å². The third kappa shape index (κ3) is 5.28. The number of Topliss-reactive ketones (excluding diaryl/α,β-unsaturated/α-hetero) is 1. The van der Waals surface area contributed by atoms with Crippen LogP contribution in [0.4, 0.5) is 0 Å². The molecule has 0 saturated carbocycles. The molecule has 2 aromatic rings. The number of carbonyl (C=O) groups is 2. The molecule has 2 unspecified atom stereocenters. The molecule has 0 aromatic heterocycles. The van der Waals surface area contributed by atoms with Crippen LogP contribution < -0.4 is 9.20 Å². The standard InChI is InChI=1S/C26H30O4Se/c1-4-5-11-24(27)26(25(28)30-3)16-20(18-31-22-9-7-6-8-10-22)23(17-26)19-12-14-21(29-2)15-13-19/h6-10,12-15,17,20H,4-5,11,16,18H2,1-3H3. The van der Waals surface area contributed by atoms with Crippen molar-refractivity contribution in [1.29, 1.82) is 0 Å². The van der Waals surface area contributed by atoms with E-state index in [-0.39, 0.29) is 26.7 Å². The van der Waals surface area contributed by atoms with Gasteiger partial charge in [-0.15, -0.1) is 0 Å². The molecule has 0 fully saturated rings. The van der Waals surface area contributed by atoms with Gasteiger partial charge in [-0.1, -0.05) is 0 Å². The Morgan fingerprint density at radius 3 is 2.39 bits per heavy atom. The van der Waals surface area contributed by atoms with Crippen LogP contribution in [0.2, 0.25) is 5.32 Å². The number of allylic oxidation sites excluding steroid dienone is 1. The molecule has 1 aliphatic rings. The average molecular weight is 485 g/mol. The van der Waals surface area contributed by atoms with Gasteiger partial charge in [0.15, 0.2) is 0 Å². The van der Waals surface area contributed by atoms with E-state index in [2.05, 4.69) is 31.2 Å². The summed E-state index contributed by atoms with van der Waals surface area (Å²) in [5.74, 6) is 0.445. The van der Waals surface area contributed by atoms with E-state index in [1.165, 1.54) is 11.6 Å². The third-order valence-corrected chi connectivity index (χ3v) is 8.30. The molecule has 1 aliphatic carbocycles. The summed E-state index contributed by atoms with van der Waals surface area (Å²) in [6, 6.07) is 18.3. The van der Waals surface area contributed by atoms with Crippen molar-refractivity contribution in [3.8, 4) is 5.75 Å². The Kier molecular flexibility index (Phi) is 8.11. The normalized spacial score (nSPS) is 20.2. The Morgan fingerprint density at radius 1 is 1.06 bits per heavy atom. The SMILES string of the molecule is CCCCC(=O)C1(C(=O)OC)C=C(c2ccc(OC)cc2)C(C[Se]c2ccccc2)C1. The number of carbonyl (C=O) groups excluding carboxylic acids is 2. The summed E-state index contributed by atoms with van der Waals surface area (Å²) in [6.07, 6.45) is 4.48. The fraction of sp³-hybridized carbons (Fsp3) is 0.385. The van der Waals surface area contributed by atoms with Gasteiger partial charge in [0.1, 0.15) is 0 Å². The van der Waals surface area contributed by atoms with Crippen LogP contribution in [0.5, 0.6) is 5.75 Å². The maximum absolute atomic E-state index is 13.3. The minimum absolute atomic E-state index is 0.0260. The Balaban J connectivity index is 1.96. The molecule has 0 N–H and O–H groups in total. The number of ketones is 1. The monoisotopic (exact) mass is 486 g/mol. The first-order valence-corrected chi connectivity index (χ1v) is 12.8. The number of benzene rings is 2. The Labute approximate surface area is 191 Å². The second kappa shape index (κ2) is 10.8. The van der Waals surface area contributed by atoms with Crippen LogP contribution in [0.1, 0.15) is 38.2 Å². The Bertz CT molecular complexity index is 920. The molecule has 0 saturated heterocycles. The van der Waals surface area contributed by atoms with E-state index >= 15 is 0 Å². The first-order valence-electron chi connectivity index (χ1n) is 10.7. The third-order valence-electron chi connectivity index (χ3n) is 5.83. The summed E-state index contributed by atoms with van der Waals surface area (Å²) in [4.78, 5) is 26.2. The van der Waals surface area contributed by atoms with Crippen molar-refractivity contribution < 1.29 is 19.1 Å². The van der Waals surface area contributed by atoms with E-state index in [9.17, 15) is 9.59 Å². The molecule has 0 spiro atoms. The van der Waals surface area contributed by atoms with Gasteiger partial charge in [0.2, 0.25) is 0 Å². The molecule has 0 amide bonds. The van der Waals surface area contributed by atoms with Crippen LogP contribution >= 0.6 is 0 Å². The molecular weight excluding hydrogens is 455 g/mol. The van der Waals surface area contributed by atoms with Gasteiger partial charge >= 0.3 is 191 Å². The molecular formula is C26H30O4Se. The van der Waals surface area contributed by atoms with Crippen LogP contribution in [0, 0.1) is 11.3 Å². The van der Waals surface area contributed by atoms with Crippen molar-refractivity contribution in [2.24, 2.45) is 11.3 Å². The molecule has 5 heteroatoms. The fourth-order valence-corrected chi connectivity index (χ4v) is 6.28. The Hall–Kier alpha value is -2.36. The zero-order chi connectivity index (χ0) is 22.3. The van der Waals surface area contributed by atoms with Gasteiger partial charge in [-0.05, 0) is 0 Å². The van der Waals surface area contributed by atoms with Gasteiger partial charge in [0, 0.05) is 0 Å². The van der Waals surface area contributed by atoms with Crippen molar-refractivity contribution >= 4 is 36.7 Å². The van der Waals surface area contributed by atoms with Gasteiger partial charge in [-0.25, -0.2) is 0 Å². The summed E-state index contributed by atoms with van der Waals surface area (Å²) in [5.41, 5.74) is 0.913. The van der Waals surface area contributed by atoms with E-state index in [4.69, 9.17) is 9.47 Å². The molecule has 0 heterocycles. The van der Waals surface area contributed by atoms with Crippen LogP contribution in [0.15, 0.2) is 60.7 Å². The van der Waals surface area contributed by atoms with Crippen molar-refractivity contribution in [2.75, 3.05) is 14.2 Å². The summed E-state index contributed by atoms with van der Waals surface area (Å²) in [6.45, 7) is 2.05. The van der Waals surface area contributed by atoms with Gasteiger partial charge < -0.3 is 0 Å². The van der Waals surface area contributed by atoms with Crippen LogP contribution in [-0.4, -0.2) is 40.9 Å². The topological polar surface area (TPSA) is 52.6 Å². The second-order valence-corrected chi connectivity index (χ2v) is 10.1. The first kappa shape index (κ1) is 23.3. The Morgan fingerprint density at radius 2 is 1.77 bits per heavy atom. The molecule has 2 atom stereocenters. The molecule has 164 valence electrons. The van der Waals surface area contributed by atoms with Crippen molar-refractivity contribution in [3.63, 3.8) is 0 Å². The predicted octanol–water partition coefficient (Wildman–Crippen LogP) is 4.47. The molecule has 2 aromatic carbocycles. The van der Waals surface area contributed by atoms with Crippen LogP contribution in [0.25, 0.3) is 5.57 Å². The van der Waals surface area contributed by atoms with Gasteiger partial charge in [-0.3, -0.25) is 0 Å². The number of rotatable bonds is 10. The number of esters is 1. The predicted molar refractivity (Wildman–Crippen MR) is 125 cm³/mol. The summed E-state index contributed by atoms with van der Waals surface area (Å²) in [7, 11) is 3.02. The molecule has 4 nitrogen and oxygen atoms in total. The fourth-order valence-electron chi connectivity index (χ4n) is 4.10. The second-order valence-electron chi connectivity index (χ2n) is 7.84. The van der Waals surface area contributed by atoms with Crippen molar-refractivity contribution in [1.82, 2.24) is 0 Å². The van der Waals surface area contributed by atoms with Crippen molar-refractivity contribution in [3.05, 3.63) is 66.2 Å². The maximum atomic E-state index is 13.3. The number of ether oxygens (including phenoxy) is 2. The van der Waals surface area contributed by atoms with E-state index in [0.717, 1.165) is 35.0 Å². The summed E-state index contributed by atoms with van der Waals surface area (Å²) >= 11 is 0.246. The minimum atomic E-state index is -1.18. The van der Waals surface area contributed by atoms with E-state index in [0.29, 0.717) is 12.8 Å². The molecule has 0 bridgehead atoms. The zero-order valence-corrected chi connectivity index (χ0v) is 20.1. The number of unbranched alkanes of at least 4 members (excludes halogenated alkanes) is 1. The average Bonchev–Trinajstić information content (AvgIpc) is 3.22. The van der Waals surface area contributed by atoms with Gasteiger partial charge in [0.05, 0.1) is 0 Å². The first-order chi connectivity index (χ1) is 15.0. The van der Waals surface area contributed by atoms with Crippen LogP contribution in [-0.2, 0) is 14.3 Å². The molecule has 0 aliphatic heterocycles. The molecule has 31 heavy (non-hydrogen) atoms. The number of hydrogen-bond acceptors (Lipinski definition) is 4. The van der Waals surface area contributed by atoms with Crippen LogP contribution in [0.3, 0.4) is 0 Å². The molecule has 3 rings (SSSR count). The number of hydrogen-bond donors (Lipinski definition) is 0. The zero-order valence-electron chi connectivity index (χ0n) is 18.4. The quantitative estimate of drug-likeness (QED) is 0.283. The van der Waals surface area contributed by atoms with E-state index in [1.54, 1.807) is 7.11 Å². The van der Waals surface area contributed by atoms with Crippen molar-refractivity contribution in [2.45, 2.75) is 37.9 Å². The van der Waals surface area contributed by atoms with E-state index < -0.39 is 11.4 Å². The molecule has 0 radical (unpaired) electrons. The van der Waals surface area contributed by atoms with Gasteiger partial charge in [-0.2, -0.15) is 0 Å². The van der Waals surface area contributed by atoms with E-state index in [1.807, 2.05) is 36.4 Å². The summed E-state index contributed by atoms with van der Waals surface area (Å²) < 4.78 is 11.8. The summed E-state index contributed by atoms with van der Waals surface area (Å²) in [5, 5.41) is 0.925. The number of methoxy groups -OCH3 is 2.